The van der Waals surface area contributed by atoms with Gasteiger partial charge < -0.3 is 25.8 Å². The van der Waals surface area contributed by atoms with Crippen LogP contribution in [0.25, 0.3) is 0 Å². The van der Waals surface area contributed by atoms with Crippen molar-refractivity contribution in [2.24, 2.45) is 5.73 Å². The lowest BCUT2D eigenvalue weighted by Gasteiger charge is -2.22. The molecule has 0 saturated heterocycles. The van der Waals surface area contributed by atoms with E-state index in [0.29, 0.717) is 48.1 Å². The number of nitrogen functional groups attached to an aromatic ring is 1. The van der Waals surface area contributed by atoms with E-state index in [-0.39, 0.29) is 11.7 Å². The number of amidine groups is 1. The molecule has 0 saturated carbocycles. The molecule has 0 heterocycles. The summed E-state index contributed by atoms with van der Waals surface area (Å²) in [4.78, 5) is 13.5. The van der Waals surface area contributed by atoms with Gasteiger partial charge in [-0.15, -0.1) is 0 Å². The fourth-order valence-electron chi connectivity index (χ4n) is 3.93. The summed E-state index contributed by atoms with van der Waals surface area (Å²) in [5.41, 5.74) is 9.65. The SMILES string of the molecule is CCOc1cc(OCc2ccccc2)cc([C@H](Nc2ccc(C(=N)N)cc2)C(=O)NCc2ccccc2)c1. The minimum absolute atomic E-state index is 0.0154. The highest BCUT2D eigenvalue weighted by Crippen LogP contribution is 2.30. The molecule has 0 spiro atoms. The van der Waals surface area contributed by atoms with Gasteiger partial charge in [-0.2, -0.15) is 0 Å². The smallest absolute Gasteiger partial charge is 0.247 e. The molecule has 7 nitrogen and oxygen atoms in total. The molecule has 0 radical (unpaired) electrons. The van der Waals surface area contributed by atoms with E-state index in [4.69, 9.17) is 20.6 Å². The maximum Gasteiger partial charge on any atom is 0.247 e. The summed E-state index contributed by atoms with van der Waals surface area (Å²) in [5.74, 6) is 0.998. The number of ether oxygens (including phenoxy) is 2. The number of nitrogens with two attached hydrogens (primary N) is 1. The molecule has 0 bridgehead atoms. The second-order valence-corrected chi connectivity index (χ2v) is 8.72. The largest absolute Gasteiger partial charge is 0.494 e. The van der Waals surface area contributed by atoms with Gasteiger partial charge in [-0.25, -0.2) is 0 Å². The topological polar surface area (TPSA) is 109 Å². The Morgan fingerprint density at radius 1 is 0.842 bits per heavy atom. The molecule has 0 aliphatic carbocycles. The number of amides is 1. The van der Waals surface area contributed by atoms with E-state index >= 15 is 0 Å². The lowest BCUT2D eigenvalue weighted by atomic mass is 10.0. The first-order valence-corrected chi connectivity index (χ1v) is 12.5. The molecule has 0 fully saturated rings. The highest BCUT2D eigenvalue weighted by atomic mass is 16.5. The molecule has 1 amide bonds. The number of benzene rings is 4. The van der Waals surface area contributed by atoms with Crippen molar-refractivity contribution in [2.75, 3.05) is 11.9 Å². The zero-order valence-electron chi connectivity index (χ0n) is 21.3. The molecule has 4 aromatic carbocycles. The molecule has 1 atom stereocenters. The van der Waals surface area contributed by atoms with Crippen LogP contribution in [0.4, 0.5) is 5.69 Å². The molecule has 4 rings (SSSR count). The Hall–Kier alpha value is -4.78. The second kappa shape index (κ2) is 13.0. The van der Waals surface area contributed by atoms with Crippen LogP contribution in [0.15, 0.2) is 103 Å². The van der Waals surface area contributed by atoms with Gasteiger partial charge in [0, 0.05) is 23.9 Å². The Balaban J connectivity index is 1.62. The molecule has 0 unspecified atom stereocenters. The van der Waals surface area contributed by atoms with Crippen molar-refractivity contribution >= 4 is 17.4 Å². The molecule has 0 aliphatic rings. The number of hydrogen-bond donors (Lipinski definition) is 4. The van der Waals surface area contributed by atoms with E-state index in [2.05, 4.69) is 10.6 Å². The molecule has 38 heavy (non-hydrogen) atoms. The van der Waals surface area contributed by atoms with Crippen LogP contribution in [0.3, 0.4) is 0 Å². The van der Waals surface area contributed by atoms with Crippen molar-refractivity contribution in [3.8, 4) is 11.5 Å². The number of carbonyl (C=O) groups is 1. The summed E-state index contributed by atoms with van der Waals surface area (Å²) < 4.78 is 11.9. The van der Waals surface area contributed by atoms with Gasteiger partial charge in [0.05, 0.1) is 6.61 Å². The van der Waals surface area contributed by atoms with E-state index in [1.54, 1.807) is 24.3 Å². The third kappa shape index (κ3) is 7.36. The van der Waals surface area contributed by atoms with Crippen LogP contribution in [0.2, 0.25) is 0 Å². The number of hydrogen-bond acceptors (Lipinski definition) is 5. The fourth-order valence-corrected chi connectivity index (χ4v) is 3.93. The highest BCUT2D eigenvalue weighted by Gasteiger charge is 2.22. The van der Waals surface area contributed by atoms with Crippen molar-refractivity contribution < 1.29 is 14.3 Å². The quantitative estimate of drug-likeness (QED) is 0.151. The maximum atomic E-state index is 13.5. The molecule has 0 aromatic heterocycles. The molecule has 5 N–H and O–H groups in total. The summed E-state index contributed by atoms with van der Waals surface area (Å²) >= 11 is 0. The number of nitrogens with one attached hydrogen (secondary N) is 3. The lowest BCUT2D eigenvalue weighted by Crippen LogP contribution is -2.33. The highest BCUT2D eigenvalue weighted by molar-refractivity contribution is 5.95. The van der Waals surface area contributed by atoms with Crippen LogP contribution in [-0.4, -0.2) is 18.3 Å². The molecular weight excluding hydrogens is 476 g/mol. The van der Waals surface area contributed by atoms with Crippen LogP contribution in [0.1, 0.15) is 35.2 Å². The van der Waals surface area contributed by atoms with E-state index in [1.165, 1.54) is 0 Å². The van der Waals surface area contributed by atoms with Crippen LogP contribution in [-0.2, 0) is 17.9 Å². The third-order valence-corrected chi connectivity index (χ3v) is 5.87. The van der Waals surface area contributed by atoms with E-state index in [0.717, 1.165) is 11.1 Å². The molecule has 7 heteroatoms. The molecule has 4 aromatic rings. The second-order valence-electron chi connectivity index (χ2n) is 8.72. The van der Waals surface area contributed by atoms with Crippen molar-refractivity contribution in [2.45, 2.75) is 26.1 Å². The van der Waals surface area contributed by atoms with Gasteiger partial charge in [-0.3, -0.25) is 10.2 Å². The first-order chi connectivity index (χ1) is 18.5. The Morgan fingerprint density at radius 3 is 2.05 bits per heavy atom. The van der Waals surface area contributed by atoms with Gasteiger partial charge >= 0.3 is 0 Å². The molecule has 0 aliphatic heterocycles. The summed E-state index contributed by atoms with van der Waals surface area (Å²) in [5, 5.41) is 14.0. The average Bonchev–Trinajstić information content (AvgIpc) is 2.95. The van der Waals surface area contributed by atoms with Gasteiger partial charge in [0.25, 0.3) is 0 Å². The standard InChI is InChI=1S/C31H32N4O3/c1-2-37-27-17-25(18-28(19-27)38-21-23-11-7-4-8-12-23)29(31(36)34-20-22-9-5-3-6-10-22)35-26-15-13-24(14-16-26)30(32)33/h3-19,29,35H,2,20-21H2,1H3,(H3,32,33)(H,34,36)/t29-/m0/s1. The van der Waals surface area contributed by atoms with Gasteiger partial charge in [0.1, 0.15) is 30.0 Å². The van der Waals surface area contributed by atoms with Gasteiger partial charge in [0.15, 0.2) is 0 Å². The van der Waals surface area contributed by atoms with E-state index in [9.17, 15) is 4.79 Å². The van der Waals surface area contributed by atoms with Gasteiger partial charge in [-0.1, -0.05) is 60.7 Å². The number of anilines is 1. The minimum Gasteiger partial charge on any atom is -0.494 e. The summed E-state index contributed by atoms with van der Waals surface area (Å²) in [6.07, 6.45) is 0. The van der Waals surface area contributed by atoms with Crippen molar-refractivity contribution in [3.63, 3.8) is 0 Å². The average molecular weight is 509 g/mol. The predicted octanol–water partition coefficient (Wildman–Crippen LogP) is 5.42. The Bertz CT molecular complexity index is 1340. The Labute approximate surface area is 223 Å². The van der Waals surface area contributed by atoms with Crippen LogP contribution in [0.5, 0.6) is 11.5 Å². The van der Waals surface area contributed by atoms with Crippen molar-refractivity contribution in [1.29, 1.82) is 5.41 Å². The molecule has 194 valence electrons. The minimum atomic E-state index is -0.735. The fraction of sp³-hybridized carbons (Fsp3) is 0.161. The van der Waals surface area contributed by atoms with Crippen LogP contribution < -0.4 is 25.8 Å². The first kappa shape index (κ1) is 26.3. The summed E-state index contributed by atoms with van der Waals surface area (Å²) in [6.45, 7) is 3.17. The van der Waals surface area contributed by atoms with E-state index < -0.39 is 6.04 Å². The predicted molar refractivity (Wildman–Crippen MR) is 150 cm³/mol. The van der Waals surface area contributed by atoms with Crippen molar-refractivity contribution in [1.82, 2.24) is 5.32 Å². The van der Waals surface area contributed by atoms with Crippen LogP contribution >= 0.6 is 0 Å². The Kier molecular flexibility index (Phi) is 8.97. The van der Waals surface area contributed by atoms with Gasteiger partial charge in [0.2, 0.25) is 5.91 Å². The number of carbonyl (C=O) groups excluding carboxylic acids is 1. The van der Waals surface area contributed by atoms with E-state index in [1.807, 2.05) is 85.8 Å². The first-order valence-electron chi connectivity index (χ1n) is 12.5. The Morgan fingerprint density at radius 2 is 1.45 bits per heavy atom. The maximum absolute atomic E-state index is 13.5. The zero-order valence-corrected chi connectivity index (χ0v) is 21.3. The molecular formula is C31H32N4O3. The monoisotopic (exact) mass is 508 g/mol. The van der Waals surface area contributed by atoms with Crippen LogP contribution in [0, 0.1) is 5.41 Å². The third-order valence-electron chi connectivity index (χ3n) is 5.87. The zero-order chi connectivity index (χ0) is 26.7. The summed E-state index contributed by atoms with van der Waals surface area (Å²) in [6, 6.07) is 31.5. The normalized spacial score (nSPS) is 11.3. The number of rotatable bonds is 12. The van der Waals surface area contributed by atoms with Gasteiger partial charge in [-0.05, 0) is 60.0 Å². The van der Waals surface area contributed by atoms with Crippen molar-refractivity contribution in [3.05, 3.63) is 125 Å². The lowest BCUT2D eigenvalue weighted by molar-refractivity contribution is -0.122. The summed E-state index contributed by atoms with van der Waals surface area (Å²) in [7, 11) is 0.